The summed E-state index contributed by atoms with van der Waals surface area (Å²) in [6, 6.07) is 0. The van der Waals surface area contributed by atoms with Crippen LogP contribution in [-0.4, -0.2) is 81.7 Å². The number of hydrogen-bond acceptors (Lipinski definition) is 9. The third-order valence-electron chi connectivity index (χ3n) is 13.5. The van der Waals surface area contributed by atoms with Crippen molar-refractivity contribution in [3.8, 4) is 0 Å². The highest BCUT2D eigenvalue weighted by molar-refractivity contribution is 5.95. The van der Waals surface area contributed by atoms with E-state index < -0.39 is 41.4 Å². The van der Waals surface area contributed by atoms with Crippen molar-refractivity contribution < 1.29 is 39.1 Å². The first-order valence-corrected chi connectivity index (χ1v) is 19.3. The lowest BCUT2D eigenvalue weighted by molar-refractivity contribution is -0.363. The standard InChI is InChI=1S/C41H59NO8/c1-23-7-9-33(43)37-39(21-26(4)27(5)22-42-37)13-12-31(35-19-25(3)38(46)47-35)28(6)32(39)18-24(2)34(44)20-30-11-14-40(48-30)15-16-41(50-40)36(45)10-8-29(17-23)49-41/h18-19,26-27,29-30,32-36,43-45H,1,7-17,20-22H2,2-6H3/b24-18-/t26-,27-,29-,30-,32-,33+,34-,35-,36-,39+,40+,41+/m0/s1. The molecule has 3 N–H and O–H groups in total. The molecule has 3 saturated heterocycles. The van der Waals surface area contributed by atoms with E-state index in [0.29, 0.717) is 81.7 Å². The van der Waals surface area contributed by atoms with Gasteiger partial charge in [-0.15, -0.1) is 0 Å². The van der Waals surface area contributed by atoms with E-state index in [-0.39, 0.29) is 24.1 Å². The summed E-state index contributed by atoms with van der Waals surface area (Å²) in [5, 5.41) is 35.1. The molecule has 276 valence electrons. The number of rotatable bonds is 1. The Bertz CT molecular complexity index is 1500. The first-order chi connectivity index (χ1) is 23.7. The number of ether oxygens (including phenoxy) is 4. The van der Waals surface area contributed by atoms with Gasteiger partial charge in [0.2, 0.25) is 0 Å². The maximum Gasteiger partial charge on any atom is 0.334 e. The van der Waals surface area contributed by atoms with Crippen molar-refractivity contribution in [2.75, 3.05) is 6.54 Å². The third-order valence-corrected chi connectivity index (χ3v) is 13.5. The number of cyclic esters (lactones) is 1. The molecule has 9 nitrogen and oxygen atoms in total. The zero-order chi connectivity index (χ0) is 35.6. The second kappa shape index (κ2) is 13.7. The fourth-order valence-corrected chi connectivity index (χ4v) is 10.3. The summed E-state index contributed by atoms with van der Waals surface area (Å²) in [4.78, 5) is 17.8. The lowest BCUT2D eigenvalue weighted by atomic mass is 9.56. The number of hydrogen-bond donors (Lipinski definition) is 3. The number of aliphatic hydroxyl groups is 3. The van der Waals surface area contributed by atoms with Gasteiger partial charge in [-0.3, -0.25) is 4.99 Å². The molecule has 50 heavy (non-hydrogen) atoms. The number of allylic oxidation sites excluding steroid dienone is 2. The molecule has 0 saturated carbocycles. The molecule has 4 bridgehead atoms. The molecular formula is C41H59NO8. The highest BCUT2D eigenvalue weighted by Gasteiger charge is 2.59. The van der Waals surface area contributed by atoms with Crippen LogP contribution in [0.1, 0.15) is 118 Å². The van der Waals surface area contributed by atoms with Crippen LogP contribution in [0.2, 0.25) is 0 Å². The van der Waals surface area contributed by atoms with Gasteiger partial charge in [0.25, 0.3) is 0 Å². The molecule has 3 fully saturated rings. The van der Waals surface area contributed by atoms with Crippen LogP contribution in [0.25, 0.3) is 0 Å². The Labute approximate surface area is 297 Å². The minimum atomic E-state index is -1.09. The summed E-state index contributed by atoms with van der Waals surface area (Å²) in [5.74, 6) is -1.61. The van der Waals surface area contributed by atoms with Crippen molar-refractivity contribution in [2.24, 2.45) is 28.2 Å². The van der Waals surface area contributed by atoms with E-state index >= 15 is 0 Å². The minimum absolute atomic E-state index is 0.134. The molecule has 0 unspecified atom stereocenters. The van der Waals surface area contributed by atoms with Gasteiger partial charge in [-0.2, -0.15) is 0 Å². The van der Waals surface area contributed by atoms with Gasteiger partial charge in [0, 0.05) is 54.8 Å². The summed E-state index contributed by atoms with van der Waals surface area (Å²) in [5.41, 5.74) is 5.14. The predicted octanol–water partition coefficient (Wildman–Crippen LogP) is 6.41. The van der Waals surface area contributed by atoms with Crippen LogP contribution < -0.4 is 0 Å². The Morgan fingerprint density at radius 2 is 1.68 bits per heavy atom. The maximum absolute atomic E-state index is 12.5. The van der Waals surface area contributed by atoms with Gasteiger partial charge in [0.1, 0.15) is 12.2 Å². The number of esters is 1. The van der Waals surface area contributed by atoms with E-state index in [1.807, 2.05) is 13.0 Å². The molecule has 0 aromatic heterocycles. The van der Waals surface area contributed by atoms with E-state index in [1.165, 1.54) is 0 Å². The van der Waals surface area contributed by atoms with Crippen molar-refractivity contribution >= 4 is 11.7 Å². The largest absolute Gasteiger partial charge is 0.450 e. The topological polar surface area (TPSA) is 127 Å². The first kappa shape index (κ1) is 36.2. The fourth-order valence-electron chi connectivity index (χ4n) is 10.3. The molecule has 6 heterocycles. The number of carbonyl (C=O) groups excluding carboxylic acids is 1. The van der Waals surface area contributed by atoms with Crippen LogP contribution in [0.5, 0.6) is 0 Å². The van der Waals surface area contributed by atoms with Gasteiger partial charge >= 0.3 is 5.97 Å². The molecule has 7 aliphatic rings. The van der Waals surface area contributed by atoms with E-state index in [2.05, 4.69) is 33.4 Å². The Morgan fingerprint density at radius 3 is 2.44 bits per heavy atom. The quantitative estimate of drug-likeness (QED) is 0.213. The second-order valence-electron chi connectivity index (χ2n) is 17.0. The molecule has 7 rings (SSSR count). The molecule has 3 spiro atoms. The Balaban J connectivity index is 1.28. The van der Waals surface area contributed by atoms with E-state index in [4.69, 9.17) is 23.9 Å². The van der Waals surface area contributed by atoms with Gasteiger partial charge < -0.3 is 34.3 Å². The monoisotopic (exact) mass is 693 g/mol. The van der Waals surface area contributed by atoms with Gasteiger partial charge in [0.15, 0.2) is 11.6 Å². The predicted molar refractivity (Wildman–Crippen MR) is 190 cm³/mol. The smallest absolute Gasteiger partial charge is 0.334 e. The van der Waals surface area contributed by atoms with Crippen LogP contribution in [0.4, 0.5) is 0 Å². The Morgan fingerprint density at radius 1 is 0.880 bits per heavy atom. The van der Waals surface area contributed by atoms with Gasteiger partial charge in [-0.05, 0) is 108 Å². The van der Waals surface area contributed by atoms with E-state index in [9.17, 15) is 20.1 Å². The van der Waals surface area contributed by atoms with Gasteiger partial charge in [-0.1, -0.05) is 37.6 Å². The second-order valence-corrected chi connectivity index (χ2v) is 17.0. The Hall–Kier alpha value is -2.14. The summed E-state index contributed by atoms with van der Waals surface area (Å²) in [7, 11) is 0. The summed E-state index contributed by atoms with van der Waals surface area (Å²) in [6.45, 7) is 15.6. The van der Waals surface area contributed by atoms with Crippen molar-refractivity contribution in [2.45, 2.75) is 166 Å². The number of aliphatic hydroxyl groups excluding tert-OH is 3. The first-order valence-electron chi connectivity index (χ1n) is 19.3. The zero-order valence-electron chi connectivity index (χ0n) is 30.8. The van der Waals surface area contributed by atoms with Crippen LogP contribution in [0, 0.1) is 23.2 Å². The van der Waals surface area contributed by atoms with Crippen molar-refractivity contribution in [3.05, 3.63) is 46.6 Å². The number of carbonyl (C=O) groups is 1. The highest BCUT2D eigenvalue weighted by Crippen LogP contribution is 2.55. The molecule has 0 aromatic rings. The zero-order valence-corrected chi connectivity index (χ0v) is 30.8. The SMILES string of the molecule is C=C1CC[C@@H](O)C2=NC[C@H](C)[C@@H](C)C[C@@]23CCC([C@@H]2C=C(C)C(=O)O2)=C(C)[C@@H]3/C=C(/C)[C@@H](O)C[C@@H]2CC[C@@]3(CC[C@@]4(O[C@@H](CC[C@@H]4O)C1)O3)O2. The average Bonchev–Trinajstić information content (AvgIpc) is 3.72. The normalized spacial score (nSPS) is 47.0. The number of nitrogens with zero attached hydrogens (tertiary/aromatic N) is 1. The summed E-state index contributed by atoms with van der Waals surface area (Å²) >= 11 is 0. The Kier molecular flexibility index (Phi) is 9.92. The van der Waals surface area contributed by atoms with Crippen LogP contribution in [0.3, 0.4) is 0 Å². The lowest BCUT2D eigenvalue weighted by Gasteiger charge is -2.48. The third kappa shape index (κ3) is 6.53. The van der Waals surface area contributed by atoms with Crippen molar-refractivity contribution in [3.63, 3.8) is 0 Å². The van der Waals surface area contributed by atoms with E-state index in [0.717, 1.165) is 53.7 Å². The van der Waals surface area contributed by atoms with Gasteiger partial charge in [0.05, 0.1) is 24.4 Å². The van der Waals surface area contributed by atoms with Crippen LogP contribution >= 0.6 is 0 Å². The number of fused-ring (bicyclic) bond motifs is 2. The van der Waals surface area contributed by atoms with Crippen molar-refractivity contribution in [1.29, 1.82) is 0 Å². The molecule has 0 amide bonds. The molecule has 1 aliphatic carbocycles. The molecule has 12 atom stereocenters. The minimum Gasteiger partial charge on any atom is -0.450 e. The average molecular weight is 694 g/mol. The van der Waals surface area contributed by atoms with Gasteiger partial charge in [-0.25, -0.2) is 4.79 Å². The molecule has 6 aliphatic heterocycles. The van der Waals surface area contributed by atoms with E-state index in [1.54, 1.807) is 6.92 Å². The van der Waals surface area contributed by atoms with Crippen molar-refractivity contribution in [1.82, 2.24) is 0 Å². The maximum atomic E-state index is 12.5. The molecular weight excluding hydrogens is 634 g/mol. The molecule has 0 aromatic carbocycles. The summed E-state index contributed by atoms with van der Waals surface area (Å²) < 4.78 is 25.7. The molecule has 0 radical (unpaired) electrons. The fraction of sp³-hybridized carbons (Fsp3) is 0.756. The highest BCUT2D eigenvalue weighted by atomic mass is 16.8. The summed E-state index contributed by atoms with van der Waals surface area (Å²) in [6.07, 6.45) is 9.74. The number of aliphatic imine (C=N–C) groups is 1. The van der Waals surface area contributed by atoms with Crippen LogP contribution in [-0.2, 0) is 23.7 Å². The molecule has 9 heteroatoms. The lowest BCUT2D eigenvalue weighted by Crippen LogP contribution is -2.52. The van der Waals surface area contributed by atoms with Crippen LogP contribution in [0.15, 0.2) is 51.6 Å².